The second-order valence-electron chi connectivity index (χ2n) is 5.49. The maximum absolute atomic E-state index is 12.0. The highest BCUT2D eigenvalue weighted by Crippen LogP contribution is 2.22. The number of fused-ring (bicyclic) bond motifs is 1. The molecule has 1 amide bonds. The van der Waals surface area contributed by atoms with E-state index >= 15 is 0 Å². The Labute approximate surface area is 147 Å². The number of nitrogens with one attached hydrogen (secondary N) is 2. The molecule has 3 rings (SSSR count). The first-order valence-electron chi connectivity index (χ1n) is 7.67. The summed E-state index contributed by atoms with van der Waals surface area (Å²) in [5.41, 5.74) is 9.64. The van der Waals surface area contributed by atoms with Crippen LogP contribution in [0.15, 0.2) is 60.7 Å². The number of hydrogen-bond donors (Lipinski definition) is 2. The minimum atomic E-state index is -0.0348. The molecule has 2 N–H and O–H groups in total. The van der Waals surface area contributed by atoms with E-state index in [1.807, 2.05) is 67.6 Å². The van der Waals surface area contributed by atoms with Gasteiger partial charge in [-0.05, 0) is 31.0 Å². The zero-order valence-electron chi connectivity index (χ0n) is 13.5. The highest BCUT2D eigenvalue weighted by Gasteiger charge is 2.05. The van der Waals surface area contributed by atoms with Crippen molar-refractivity contribution in [2.75, 3.05) is 5.43 Å². The van der Waals surface area contributed by atoms with Gasteiger partial charge in [0.1, 0.15) is 0 Å². The molecule has 1 aromatic heterocycles. The second-order valence-corrected chi connectivity index (χ2v) is 5.49. The molecule has 0 atom stereocenters. The first-order chi connectivity index (χ1) is 11.2. The van der Waals surface area contributed by atoms with Crippen LogP contribution < -0.4 is 10.9 Å². The van der Waals surface area contributed by atoms with Gasteiger partial charge in [-0.15, -0.1) is 12.4 Å². The zero-order valence-corrected chi connectivity index (χ0v) is 14.3. The van der Waals surface area contributed by atoms with Crippen LogP contribution in [0, 0.1) is 6.92 Å². The van der Waals surface area contributed by atoms with Gasteiger partial charge in [-0.3, -0.25) is 20.6 Å². The second kappa shape index (κ2) is 8.31. The van der Waals surface area contributed by atoms with Crippen LogP contribution in [0.3, 0.4) is 0 Å². The van der Waals surface area contributed by atoms with E-state index in [1.54, 1.807) is 0 Å². The van der Waals surface area contributed by atoms with Crippen molar-refractivity contribution < 1.29 is 4.79 Å². The smallest absolute Gasteiger partial charge is 0.238 e. The van der Waals surface area contributed by atoms with E-state index in [9.17, 15) is 4.79 Å². The zero-order chi connectivity index (χ0) is 16.1. The van der Waals surface area contributed by atoms with Gasteiger partial charge in [-0.2, -0.15) is 0 Å². The lowest BCUT2D eigenvalue weighted by atomic mass is 10.1. The number of anilines is 1. The van der Waals surface area contributed by atoms with Gasteiger partial charge in [0.15, 0.2) is 0 Å². The van der Waals surface area contributed by atoms with Crippen molar-refractivity contribution in [2.24, 2.45) is 0 Å². The number of hydrazine groups is 1. The number of benzene rings is 2. The van der Waals surface area contributed by atoms with Crippen molar-refractivity contribution in [1.82, 2.24) is 10.4 Å². The molecule has 0 aliphatic carbocycles. The number of nitrogens with zero attached hydrogens (tertiary/aromatic N) is 1. The Morgan fingerprint density at radius 3 is 2.54 bits per heavy atom. The van der Waals surface area contributed by atoms with Crippen molar-refractivity contribution >= 4 is 34.9 Å². The fourth-order valence-corrected chi connectivity index (χ4v) is 2.51. The number of pyridine rings is 1. The van der Waals surface area contributed by atoms with Crippen molar-refractivity contribution in [3.63, 3.8) is 0 Å². The fraction of sp³-hybridized carbons (Fsp3) is 0.158. The van der Waals surface area contributed by atoms with E-state index in [4.69, 9.17) is 0 Å². The predicted octanol–water partition coefficient (Wildman–Crippen LogP) is 4.04. The maximum atomic E-state index is 12.0. The lowest BCUT2D eigenvalue weighted by molar-refractivity contribution is -0.120. The number of rotatable bonds is 5. The van der Waals surface area contributed by atoms with Gasteiger partial charge in [0, 0.05) is 17.5 Å². The molecule has 3 aromatic rings. The van der Waals surface area contributed by atoms with E-state index in [2.05, 4.69) is 15.8 Å². The van der Waals surface area contributed by atoms with Crippen LogP contribution in [0.5, 0.6) is 0 Å². The fourth-order valence-electron chi connectivity index (χ4n) is 2.51. The molecule has 1 heterocycles. The molecule has 4 nitrogen and oxygen atoms in total. The molecule has 0 fully saturated rings. The summed E-state index contributed by atoms with van der Waals surface area (Å²) in [6.07, 6.45) is 1.17. The Bertz CT molecular complexity index is 821. The standard InChI is InChI=1S/C19H19N3O.ClH/c1-14-13-18(16-9-5-6-10-17(16)20-14)21-22-19(23)12-11-15-7-3-2-4-8-15;/h2-10,13H,11-12H2,1H3,(H,20,21)(H,22,23);1H. The minimum Gasteiger partial charge on any atom is -0.298 e. The molecule has 24 heavy (non-hydrogen) atoms. The van der Waals surface area contributed by atoms with Crippen LogP contribution in [0.1, 0.15) is 17.7 Å². The average Bonchev–Trinajstić information content (AvgIpc) is 2.58. The number of carbonyl (C=O) groups is 1. The molecular weight excluding hydrogens is 322 g/mol. The molecule has 0 bridgehead atoms. The number of aryl methyl sites for hydroxylation is 2. The molecule has 0 spiro atoms. The average molecular weight is 342 g/mol. The normalized spacial score (nSPS) is 10.0. The van der Waals surface area contributed by atoms with E-state index in [-0.39, 0.29) is 18.3 Å². The van der Waals surface area contributed by atoms with E-state index < -0.39 is 0 Å². The summed E-state index contributed by atoms with van der Waals surface area (Å²) in [5.74, 6) is -0.0348. The van der Waals surface area contributed by atoms with Crippen LogP contribution in [0.25, 0.3) is 10.9 Å². The van der Waals surface area contributed by atoms with Gasteiger partial charge in [0.2, 0.25) is 5.91 Å². The molecule has 0 saturated heterocycles. The number of amides is 1. The van der Waals surface area contributed by atoms with Crippen LogP contribution in [0.4, 0.5) is 5.69 Å². The van der Waals surface area contributed by atoms with Crippen molar-refractivity contribution in [3.8, 4) is 0 Å². The Kier molecular flexibility index (Phi) is 6.15. The van der Waals surface area contributed by atoms with Crippen LogP contribution in [0.2, 0.25) is 0 Å². The Balaban J connectivity index is 0.00000208. The summed E-state index contributed by atoms with van der Waals surface area (Å²) in [6.45, 7) is 1.94. The maximum Gasteiger partial charge on any atom is 0.238 e. The number of para-hydroxylation sites is 1. The van der Waals surface area contributed by atoms with E-state index in [0.29, 0.717) is 6.42 Å². The highest BCUT2D eigenvalue weighted by atomic mass is 35.5. The lowest BCUT2D eigenvalue weighted by Crippen LogP contribution is -2.29. The van der Waals surface area contributed by atoms with Crippen molar-refractivity contribution in [1.29, 1.82) is 0 Å². The van der Waals surface area contributed by atoms with Gasteiger partial charge < -0.3 is 0 Å². The molecule has 2 aromatic carbocycles. The Morgan fingerprint density at radius 1 is 1.04 bits per heavy atom. The number of aromatic nitrogens is 1. The van der Waals surface area contributed by atoms with E-state index in [1.165, 1.54) is 0 Å². The van der Waals surface area contributed by atoms with Crippen LogP contribution in [-0.4, -0.2) is 10.9 Å². The highest BCUT2D eigenvalue weighted by molar-refractivity contribution is 5.92. The summed E-state index contributed by atoms with van der Waals surface area (Å²) in [5, 5.41) is 0.987. The van der Waals surface area contributed by atoms with Gasteiger partial charge in [-0.1, -0.05) is 48.5 Å². The third-order valence-corrected chi connectivity index (χ3v) is 3.66. The minimum absolute atomic E-state index is 0. The predicted molar refractivity (Wildman–Crippen MR) is 100 cm³/mol. The molecule has 0 saturated carbocycles. The van der Waals surface area contributed by atoms with E-state index in [0.717, 1.165) is 34.3 Å². The third-order valence-electron chi connectivity index (χ3n) is 3.66. The summed E-state index contributed by atoms with van der Waals surface area (Å²) in [6, 6.07) is 19.8. The monoisotopic (exact) mass is 341 g/mol. The van der Waals surface area contributed by atoms with Gasteiger partial charge in [-0.25, -0.2) is 0 Å². The molecule has 0 radical (unpaired) electrons. The molecule has 0 aliphatic rings. The Hall–Kier alpha value is -2.59. The van der Waals surface area contributed by atoms with Crippen molar-refractivity contribution in [2.45, 2.75) is 19.8 Å². The quantitative estimate of drug-likeness (QED) is 0.688. The summed E-state index contributed by atoms with van der Waals surface area (Å²) in [7, 11) is 0. The summed E-state index contributed by atoms with van der Waals surface area (Å²) in [4.78, 5) is 16.5. The number of carbonyl (C=O) groups excluding carboxylic acids is 1. The van der Waals surface area contributed by atoms with Gasteiger partial charge in [0.05, 0.1) is 11.2 Å². The molecule has 124 valence electrons. The topological polar surface area (TPSA) is 54.0 Å². The van der Waals surface area contributed by atoms with Gasteiger partial charge >= 0.3 is 0 Å². The first-order valence-corrected chi connectivity index (χ1v) is 7.67. The van der Waals surface area contributed by atoms with Crippen LogP contribution in [-0.2, 0) is 11.2 Å². The van der Waals surface area contributed by atoms with Gasteiger partial charge in [0.25, 0.3) is 0 Å². The lowest BCUT2D eigenvalue weighted by Gasteiger charge is -2.12. The number of hydrogen-bond acceptors (Lipinski definition) is 3. The SMILES string of the molecule is Cc1cc(NNC(=O)CCc2ccccc2)c2ccccc2n1.Cl. The number of halogens is 1. The van der Waals surface area contributed by atoms with Crippen molar-refractivity contribution in [3.05, 3.63) is 71.9 Å². The first kappa shape index (κ1) is 17.8. The molecule has 0 aliphatic heterocycles. The summed E-state index contributed by atoms with van der Waals surface area (Å²) >= 11 is 0. The van der Waals surface area contributed by atoms with Crippen LogP contribution >= 0.6 is 12.4 Å². The third kappa shape index (κ3) is 4.46. The molecule has 0 unspecified atom stereocenters. The summed E-state index contributed by atoms with van der Waals surface area (Å²) < 4.78 is 0. The molecular formula is C19H20ClN3O. The molecule has 5 heteroatoms. The largest absolute Gasteiger partial charge is 0.298 e. The Morgan fingerprint density at radius 2 is 1.75 bits per heavy atom.